The summed E-state index contributed by atoms with van der Waals surface area (Å²) in [4.78, 5) is 20.6. The molecule has 1 N–H and O–H groups in total. The van der Waals surface area contributed by atoms with Gasteiger partial charge in [-0.25, -0.2) is 4.39 Å². The number of carbonyl (C=O) groups is 1. The Bertz CT molecular complexity index is 979. The number of piperazine rings is 1. The summed E-state index contributed by atoms with van der Waals surface area (Å²) < 4.78 is 29.4. The average molecular weight is 517 g/mol. The number of benzene rings is 1. The summed E-state index contributed by atoms with van der Waals surface area (Å²) in [5, 5.41) is 11.6. The van der Waals surface area contributed by atoms with Gasteiger partial charge in [0.05, 0.1) is 36.5 Å². The molecule has 1 amide bonds. The lowest BCUT2D eigenvalue weighted by Gasteiger charge is -2.34. The number of hydrogen-bond donors (Lipinski definition) is 1. The first-order valence-corrected chi connectivity index (χ1v) is 11.4. The Morgan fingerprint density at radius 3 is 2.50 bits per heavy atom. The molecule has 0 atom stereocenters. The minimum atomic E-state index is -0.541. The zero-order chi connectivity index (χ0) is 24.5. The molecule has 1 aliphatic heterocycles. The second kappa shape index (κ2) is 13.0. The summed E-state index contributed by atoms with van der Waals surface area (Å²) in [6.07, 6.45) is 0. The van der Waals surface area contributed by atoms with Gasteiger partial charge in [0.25, 0.3) is 0 Å². The third-order valence-corrected chi connectivity index (χ3v) is 5.91. The smallest absolute Gasteiger partial charge is 0.248 e. The average Bonchev–Trinajstić information content (AvgIpc) is 2.85. The Hall–Kier alpha value is -2.31. The molecule has 2 aromatic rings. The molecule has 1 saturated heterocycles. The van der Waals surface area contributed by atoms with Crippen LogP contribution < -0.4 is 10.2 Å². The highest BCUT2D eigenvalue weighted by atomic mass is 35.5. The third kappa shape index (κ3) is 6.86. The van der Waals surface area contributed by atoms with Crippen molar-refractivity contribution in [3.63, 3.8) is 0 Å². The van der Waals surface area contributed by atoms with Crippen LogP contribution in [0.1, 0.15) is 0 Å². The van der Waals surface area contributed by atoms with Gasteiger partial charge in [0.2, 0.25) is 11.9 Å². The van der Waals surface area contributed by atoms with E-state index in [0.29, 0.717) is 69.9 Å². The van der Waals surface area contributed by atoms with Gasteiger partial charge < -0.3 is 29.3 Å². The Morgan fingerprint density at radius 2 is 1.79 bits per heavy atom. The maximum atomic E-state index is 13.9. The van der Waals surface area contributed by atoms with Gasteiger partial charge in [-0.05, 0) is 12.1 Å². The predicted molar refractivity (Wildman–Crippen MR) is 127 cm³/mol. The Morgan fingerprint density at radius 1 is 1.09 bits per heavy atom. The topological polar surface area (TPSA) is 102 Å². The van der Waals surface area contributed by atoms with Crippen molar-refractivity contribution in [1.29, 1.82) is 0 Å². The monoisotopic (exact) mass is 516 g/mol. The molecule has 0 bridgehead atoms. The van der Waals surface area contributed by atoms with Crippen molar-refractivity contribution in [2.24, 2.45) is 0 Å². The van der Waals surface area contributed by atoms with E-state index in [2.05, 4.69) is 20.5 Å². The van der Waals surface area contributed by atoms with E-state index in [1.807, 2.05) is 4.90 Å². The van der Waals surface area contributed by atoms with Crippen molar-refractivity contribution < 1.29 is 23.4 Å². The highest BCUT2D eigenvalue weighted by Gasteiger charge is 2.24. The number of carbonyl (C=O) groups excluding carboxylic acids is 1. The summed E-state index contributed by atoms with van der Waals surface area (Å²) in [5.41, 5.74) is 0.580. The van der Waals surface area contributed by atoms with E-state index < -0.39 is 5.82 Å². The van der Waals surface area contributed by atoms with Crippen molar-refractivity contribution in [3.8, 4) is 11.3 Å². The van der Waals surface area contributed by atoms with Crippen LogP contribution >= 0.6 is 23.2 Å². The molecule has 13 heteroatoms. The molecular weight excluding hydrogens is 490 g/mol. The zero-order valence-corrected chi connectivity index (χ0v) is 20.5. The molecule has 2 heterocycles. The molecule has 0 aliphatic carbocycles. The van der Waals surface area contributed by atoms with Gasteiger partial charge in [-0.1, -0.05) is 23.2 Å². The van der Waals surface area contributed by atoms with Crippen LogP contribution in [0.2, 0.25) is 10.0 Å². The van der Waals surface area contributed by atoms with E-state index in [-0.39, 0.29) is 28.3 Å². The van der Waals surface area contributed by atoms with E-state index in [1.54, 1.807) is 19.1 Å². The first kappa shape index (κ1) is 26.3. The molecule has 10 nitrogen and oxygen atoms in total. The number of amides is 1. The molecule has 0 spiro atoms. The van der Waals surface area contributed by atoms with Crippen molar-refractivity contribution in [2.45, 2.75) is 0 Å². The maximum Gasteiger partial charge on any atom is 0.248 e. The molecular formula is C21H27Cl2FN6O4. The van der Waals surface area contributed by atoms with Crippen LogP contribution in [0.4, 0.5) is 16.2 Å². The lowest BCUT2D eigenvalue weighted by Crippen LogP contribution is -2.50. The fraction of sp³-hybridized carbons (Fsp3) is 0.524. The van der Waals surface area contributed by atoms with Gasteiger partial charge in [0.15, 0.2) is 5.82 Å². The van der Waals surface area contributed by atoms with Crippen molar-refractivity contribution in [2.75, 3.05) is 83.6 Å². The van der Waals surface area contributed by atoms with Gasteiger partial charge in [0.1, 0.15) is 18.1 Å². The lowest BCUT2D eigenvalue weighted by atomic mass is 10.1. The number of nitrogens with one attached hydrogen (secondary N) is 1. The van der Waals surface area contributed by atoms with Crippen LogP contribution in [0, 0.1) is 5.82 Å². The van der Waals surface area contributed by atoms with Crippen molar-refractivity contribution in [3.05, 3.63) is 28.0 Å². The van der Waals surface area contributed by atoms with Gasteiger partial charge >= 0.3 is 0 Å². The Kier molecular flexibility index (Phi) is 10.0. The highest BCUT2D eigenvalue weighted by molar-refractivity contribution is 6.43. The lowest BCUT2D eigenvalue weighted by molar-refractivity contribution is -0.137. The van der Waals surface area contributed by atoms with E-state index in [1.165, 1.54) is 6.07 Å². The summed E-state index contributed by atoms with van der Waals surface area (Å²) in [7, 11) is 3.28. The van der Waals surface area contributed by atoms with Crippen LogP contribution in [0.15, 0.2) is 12.1 Å². The normalized spacial score (nSPS) is 13.9. The first-order chi connectivity index (χ1) is 16.4. The standard InChI is InChI=1S/C21H27Cl2FN6O4/c1-25-20-19(15-11-14(24)12-16(22)18(15)23)27-28-21(26-20)30-5-3-29(4-6-30)17(31)13-34-10-9-33-8-7-32-2/h11-12H,3-10,13H2,1-2H3,(H,25,26,28). The molecule has 1 aromatic carbocycles. The largest absolute Gasteiger partial charge is 0.382 e. The highest BCUT2D eigenvalue weighted by Crippen LogP contribution is 2.36. The van der Waals surface area contributed by atoms with Gasteiger partial charge in [-0.2, -0.15) is 4.98 Å². The quantitative estimate of drug-likeness (QED) is 0.356. The van der Waals surface area contributed by atoms with Crippen LogP contribution in [0.25, 0.3) is 11.3 Å². The fourth-order valence-corrected chi connectivity index (χ4v) is 3.71. The Balaban J connectivity index is 1.55. The summed E-state index contributed by atoms with van der Waals surface area (Å²) in [6.45, 7) is 3.82. The summed E-state index contributed by atoms with van der Waals surface area (Å²) in [5.74, 6) is 0.150. The minimum Gasteiger partial charge on any atom is -0.382 e. The van der Waals surface area contributed by atoms with Crippen LogP contribution in [0.3, 0.4) is 0 Å². The summed E-state index contributed by atoms with van der Waals surface area (Å²) in [6, 6.07) is 2.36. The van der Waals surface area contributed by atoms with Gasteiger partial charge in [-0.3, -0.25) is 4.79 Å². The molecule has 0 radical (unpaired) electrons. The number of anilines is 2. The zero-order valence-electron chi connectivity index (χ0n) is 19.0. The van der Waals surface area contributed by atoms with E-state index in [0.717, 1.165) is 6.07 Å². The van der Waals surface area contributed by atoms with Gasteiger partial charge in [-0.15, -0.1) is 10.2 Å². The number of halogens is 3. The van der Waals surface area contributed by atoms with Gasteiger partial charge in [0, 0.05) is 45.9 Å². The molecule has 0 saturated carbocycles. The van der Waals surface area contributed by atoms with E-state index in [9.17, 15) is 9.18 Å². The van der Waals surface area contributed by atoms with Crippen LogP contribution in [0.5, 0.6) is 0 Å². The van der Waals surface area contributed by atoms with E-state index >= 15 is 0 Å². The number of methoxy groups -OCH3 is 1. The summed E-state index contributed by atoms with van der Waals surface area (Å²) >= 11 is 12.2. The second-order valence-corrected chi connectivity index (χ2v) is 8.12. The van der Waals surface area contributed by atoms with Crippen molar-refractivity contribution in [1.82, 2.24) is 20.1 Å². The number of rotatable bonds is 11. The number of aromatic nitrogens is 3. The molecule has 1 fully saturated rings. The van der Waals surface area contributed by atoms with E-state index in [4.69, 9.17) is 37.4 Å². The molecule has 0 unspecified atom stereocenters. The predicted octanol–water partition coefficient (Wildman–Crippen LogP) is 2.35. The third-order valence-electron chi connectivity index (χ3n) is 5.11. The Labute approximate surface area is 207 Å². The molecule has 1 aliphatic rings. The minimum absolute atomic E-state index is 0.00124. The molecule has 1 aromatic heterocycles. The number of hydrogen-bond acceptors (Lipinski definition) is 9. The van der Waals surface area contributed by atoms with Crippen LogP contribution in [-0.2, 0) is 19.0 Å². The number of nitrogens with zero attached hydrogens (tertiary/aromatic N) is 5. The molecule has 186 valence electrons. The maximum absolute atomic E-state index is 13.9. The first-order valence-electron chi connectivity index (χ1n) is 10.7. The SMILES string of the molecule is CNc1nc(N2CCN(C(=O)COCCOCCOC)CC2)nnc1-c1cc(F)cc(Cl)c1Cl. The van der Waals surface area contributed by atoms with Crippen LogP contribution in [-0.4, -0.2) is 99.4 Å². The molecule has 34 heavy (non-hydrogen) atoms. The second-order valence-electron chi connectivity index (χ2n) is 7.33. The van der Waals surface area contributed by atoms with Crippen molar-refractivity contribution >= 4 is 40.9 Å². The fourth-order valence-electron chi connectivity index (χ4n) is 3.30. The number of ether oxygens (including phenoxy) is 3. The molecule has 3 rings (SSSR count).